The summed E-state index contributed by atoms with van der Waals surface area (Å²) in [5, 5.41) is 13.5. The second kappa shape index (κ2) is 12.3. The summed E-state index contributed by atoms with van der Waals surface area (Å²) in [6.45, 7) is 8.12. The van der Waals surface area contributed by atoms with E-state index < -0.39 is 6.10 Å². The number of hydrogen-bond donors (Lipinski definition) is 2. The number of aliphatic hydroxyl groups is 1. The Hall–Kier alpha value is -1.06. The number of rotatable bonds is 8. The number of guanidine groups is 1. The SMILES string of the molecule is CCNC(=NCC(O)COc1cccc(C)c1)N1CCC(COC)C1.I. The van der Waals surface area contributed by atoms with Crippen molar-refractivity contribution in [2.45, 2.75) is 26.4 Å². The lowest BCUT2D eigenvalue weighted by Crippen LogP contribution is -2.41. The predicted molar refractivity (Wildman–Crippen MR) is 116 cm³/mol. The van der Waals surface area contributed by atoms with Gasteiger partial charge in [0, 0.05) is 32.7 Å². The van der Waals surface area contributed by atoms with Gasteiger partial charge in [-0.05, 0) is 38.0 Å². The first kappa shape index (κ1) is 23.0. The molecule has 1 aliphatic heterocycles. The first-order valence-electron chi connectivity index (χ1n) is 9.02. The maximum Gasteiger partial charge on any atom is 0.194 e. The first-order valence-corrected chi connectivity index (χ1v) is 9.02. The van der Waals surface area contributed by atoms with Crippen molar-refractivity contribution in [3.63, 3.8) is 0 Å². The van der Waals surface area contributed by atoms with Gasteiger partial charge in [0.25, 0.3) is 0 Å². The molecule has 6 nitrogen and oxygen atoms in total. The van der Waals surface area contributed by atoms with Crippen molar-refractivity contribution in [2.75, 3.05) is 46.5 Å². The summed E-state index contributed by atoms with van der Waals surface area (Å²) in [5.41, 5.74) is 1.14. The maximum absolute atomic E-state index is 10.2. The highest BCUT2D eigenvalue weighted by atomic mass is 127. The summed E-state index contributed by atoms with van der Waals surface area (Å²) in [6.07, 6.45) is 0.476. The van der Waals surface area contributed by atoms with Gasteiger partial charge >= 0.3 is 0 Å². The van der Waals surface area contributed by atoms with Gasteiger partial charge in [0.1, 0.15) is 18.5 Å². The molecule has 0 amide bonds. The van der Waals surface area contributed by atoms with E-state index in [2.05, 4.69) is 22.1 Å². The van der Waals surface area contributed by atoms with Crippen molar-refractivity contribution in [2.24, 2.45) is 10.9 Å². The van der Waals surface area contributed by atoms with Crippen molar-refractivity contribution in [1.29, 1.82) is 0 Å². The average molecular weight is 477 g/mol. The Bertz CT molecular complexity index is 557. The van der Waals surface area contributed by atoms with E-state index in [1.807, 2.05) is 31.2 Å². The van der Waals surface area contributed by atoms with Crippen LogP contribution in [0.4, 0.5) is 0 Å². The molecule has 0 bridgehead atoms. The summed E-state index contributed by atoms with van der Waals surface area (Å²) in [7, 11) is 1.74. The molecule has 0 saturated carbocycles. The van der Waals surface area contributed by atoms with Crippen LogP contribution in [0.1, 0.15) is 18.9 Å². The number of nitrogens with one attached hydrogen (secondary N) is 1. The lowest BCUT2D eigenvalue weighted by molar-refractivity contribution is 0.114. The highest BCUT2D eigenvalue weighted by molar-refractivity contribution is 14.0. The first-order chi connectivity index (χ1) is 12.1. The van der Waals surface area contributed by atoms with E-state index >= 15 is 0 Å². The zero-order valence-corrected chi connectivity index (χ0v) is 18.3. The van der Waals surface area contributed by atoms with Crippen molar-refractivity contribution in [1.82, 2.24) is 10.2 Å². The number of benzene rings is 1. The molecule has 7 heteroatoms. The highest BCUT2D eigenvalue weighted by Crippen LogP contribution is 2.16. The van der Waals surface area contributed by atoms with Gasteiger partial charge < -0.3 is 24.8 Å². The summed E-state index contributed by atoms with van der Waals surface area (Å²) in [4.78, 5) is 6.82. The number of aliphatic imine (C=N–C) groups is 1. The smallest absolute Gasteiger partial charge is 0.194 e. The quantitative estimate of drug-likeness (QED) is 0.342. The third-order valence-electron chi connectivity index (χ3n) is 4.21. The molecule has 2 atom stereocenters. The van der Waals surface area contributed by atoms with Gasteiger partial charge in [-0.15, -0.1) is 24.0 Å². The molecule has 2 rings (SSSR count). The molecule has 0 radical (unpaired) electrons. The standard InChI is InChI=1S/C19H31N3O3.HI/c1-4-20-19(22-9-8-16(12-22)13-24-3)21-11-17(23)14-25-18-7-5-6-15(2)10-18;/h5-7,10,16-17,23H,4,8-9,11-14H2,1-3H3,(H,20,21);1H. The van der Waals surface area contributed by atoms with E-state index in [0.29, 0.717) is 12.5 Å². The highest BCUT2D eigenvalue weighted by Gasteiger charge is 2.24. The molecule has 0 aromatic heterocycles. The molecular weight excluding hydrogens is 445 g/mol. The monoisotopic (exact) mass is 477 g/mol. The second-order valence-corrected chi connectivity index (χ2v) is 6.53. The topological polar surface area (TPSA) is 66.3 Å². The van der Waals surface area contributed by atoms with Gasteiger partial charge in [-0.25, -0.2) is 0 Å². The molecule has 26 heavy (non-hydrogen) atoms. The van der Waals surface area contributed by atoms with E-state index in [4.69, 9.17) is 9.47 Å². The van der Waals surface area contributed by atoms with Crippen LogP contribution >= 0.6 is 24.0 Å². The van der Waals surface area contributed by atoms with E-state index in [1.165, 1.54) is 0 Å². The van der Waals surface area contributed by atoms with Gasteiger partial charge in [0.05, 0.1) is 13.2 Å². The van der Waals surface area contributed by atoms with E-state index in [0.717, 1.165) is 49.9 Å². The zero-order chi connectivity index (χ0) is 18.1. The molecule has 1 aromatic carbocycles. The number of aryl methyl sites for hydroxylation is 1. The van der Waals surface area contributed by atoms with E-state index in [9.17, 15) is 5.11 Å². The lowest BCUT2D eigenvalue weighted by atomic mass is 10.1. The van der Waals surface area contributed by atoms with Gasteiger partial charge in [0.2, 0.25) is 0 Å². The zero-order valence-electron chi connectivity index (χ0n) is 16.0. The fourth-order valence-electron chi connectivity index (χ4n) is 2.96. The van der Waals surface area contributed by atoms with Gasteiger partial charge in [-0.3, -0.25) is 4.99 Å². The normalized spacial score (nSPS) is 18.4. The molecule has 2 unspecified atom stereocenters. The average Bonchev–Trinajstić information content (AvgIpc) is 3.05. The fraction of sp³-hybridized carbons (Fsp3) is 0.632. The Morgan fingerprint density at radius 3 is 2.96 bits per heavy atom. The Morgan fingerprint density at radius 1 is 1.46 bits per heavy atom. The van der Waals surface area contributed by atoms with Crippen molar-refractivity contribution in [3.8, 4) is 5.75 Å². The molecule has 1 aliphatic rings. The van der Waals surface area contributed by atoms with Gasteiger partial charge in [-0.2, -0.15) is 0 Å². The van der Waals surface area contributed by atoms with Crippen LogP contribution in [-0.4, -0.2) is 68.6 Å². The van der Waals surface area contributed by atoms with Crippen molar-refractivity contribution < 1.29 is 14.6 Å². The Kier molecular flexibility index (Phi) is 10.9. The van der Waals surface area contributed by atoms with Crippen LogP contribution in [0.15, 0.2) is 29.3 Å². The minimum Gasteiger partial charge on any atom is -0.491 e. The van der Waals surface area contributed by atoms with Crippen LogP contribution in [0, 0.1) is 12.8 Å². The van der Waals surface area contributed by atoms with E-state index in [1.54, 1.807) is 7.11 Å². The maximum atomic E-state index is 10.2. The van der Waals surface area contributed by atoms with Crippen LogP contribution in [0.25, 0.3) is 0 Å². The summed E-state index contributed by atoms with van der Waals surface area (Å²) in [6, 6.07) is 7.82. The number of halogens is 1. The third-order valence-corrected chi connectivity index (χ3v) is 4.21. The van der Waals surface area contributed by atoms with Crippen molar-refractivity contribution >= 4 is 29.9 Å². The molecule has 1 aromatic rings. The summed E-state index contributed by atoms with van der Waals surface area (Å²) < 4.78 is 10.9. The van der Waals surface area contributed by atoms with E-state index in [-0.39, 0.29) is 30.6 Å². The Labute approximate surface area is 174 Å². The van der Waals surface area contributed by atoms with Crippen molar-refractivity contribution in [3.05, 3.63) is 29.8 Å². The predicted octanol–water partition coefficient (Wildman–Crippen LogP) is 2.29. The van der Waals surface area contributed by atoms with Crippen LogP contribution < -0.4 is 10.1 Å². The lowest BCUT2D eigenvalue weighted by Gasteiger charge is -2.22. The number of ether oxygens (including phenoxy) is 2. The van der Waals surface area contributed by atoms with Gasteiger partial charge in [0.15, 0.2) is 5.96 Å². The molecule has 148 valence electrons. The molecule has 0 aliphatic carbocycles. The number of aliphatic hydroxyl groups excluding tert-OH is 1. The second-order valence-electron chi connectivity index (χ2n) is 6.53. The molecule has 1 saturated heterocycles. The summed E-state index contributed by atoms with van der Waals surface area (Å²) >= 11 is 0. The van der Waals surface area contributed by atoms with Crippen LogP contribution in [-0.2, 0) is 4.74 Å². The molecule has 1 heterocycles. The number of likely N-dealkylation sites (tertiary alicyclic amines) is 1. The molecular formula is C19H32IN3O3. The Morgan fingerprint density at radius 2 is 2.27 bits per heavy atom. The Balaban J connectivity index is 0.00000338. The minimum atomic E-state index is -0.633. The molecule has 0 spiro atoms. The number of nitrogens with zero attached hydrogens (tertiary/aromatic N) is 2. The largest absolute Gasteiger partial charge is 0.491 e. The van der Waals surface area contributed by atoms with Crippen LogP contribution in [0.5, 0.6) is 5.75 Å². The van der Waals surface area contributed by atoms with Crippen LogP contribution in [0.3, 0.4) is 0 Å². The van der Waals surface area contributed by atoms with Gasteiger partial charge in [-0.1, -0.05) is 12.1 Å². The number of methoxy groups -OCH3 is 1. The molecule has 1 fully saturated rings. The summed E-state index contributed by atoms with van der Waals surface area (Å²) in [5.74, 6) is 2.18. The van der Waals surface area contributed by atoms with Crippen LogP contribution in [0.2, 0.25) is 0 Å². The third kappa shape index (κ3) is 7.67. The minimum absolute atomic E-state index is 0. The molecule has 2 N–H and O–H groups in total. The number of hydrogen-bond acceptors (Lipinski definition) is 4. The fourth-order valence-corrected chi connectivity index (χ4v) is 2.96.